The Balaban J connectivity index is 2.81. The second kappa shape index (κ2) is 3.72. The van der Waals surface area contributed by atoms with Crippen LogP contribution in [0.1, 0.15) is 9.80 Å². The van der Waals surface area contributed by atoms with Crippen LogP contribution in [0.2, 0.25) is 0 Å². The van der Waals surface area contributed by atoms with Crippen molar-refractivity contribution >= 4 is 43.2 Å². The molecule has 1 aromatic heterocycles. The first-order valence-corrected chi connectivity index (χ1v) is 6.58. The Labute approximate surface area is 87.4 Å². The van der Waals surface area contributed by atoms with Crippen LogP contribution in [-0.4, -0.2) is 25.6 Å². The van der Waals surface area contributed by atoms with Gasteiger partial charge in [0.15, 0.2) is 5.01 Å². The smallest absolute Gasteiger partial charge is 0.265 e. The van der Waals surface area contributed by atoms with Gasteiger partial charge in [-0.15, -0.1) is 11.3 Å². The predicted octanol–water partition coefficient (Wildman–Crippen LogP) is 0.595. The fourth-order valence-corrected chi connectivity index (χ4v) is 2.21. The van der Waals surface area contributed by atoms with Gasteiger partial charge in [-0.05, 0) is 15.9 Å². The van der Waals surface area contributed by atoms with Gasteiger partial charge in [-0.1, -0.05) is 0 Å². The van der Waals surface area contributed by atoms with Crippen molar-refractivity contribution in [2.75, 3.05) is 6.26 Å². The van der Waals surface area contributed by atoms with Crippen LogP contribution in [0.25, 0.3) is 0 Å². The molecule has 1 amide bonds. The molecule has 5 nitrogen and oxygen atoms in total. The first-order valence-electron chi connectivity index (χ1n) is 3.01. The van der Waals surface area contributed by atoms with E-state index in [1.807, 2.05) is 4.72 Å². The second-order valence-corrected chi connectivity index (χ2v) is 5.60. The van der Waals surface area contributed by atoms with Crippen LogP contribution in [0.5, 0.6) is 0 Å². The van der Waals surface area contributed by atoms with E-state index in [0.717, 1.165) is 17.6 Å². The summed E-state index contributed by atoms with van der Waals surface area (Å²) in [7, 11) is -3.51. The zero-order valence-corrected chi connectivity index (χ0v) is 9.66. The third-order valence-corrected chi connectivity index (χ3v) is 3.06. The molecular formula is C5H5BrN2O3S2. The molecule has 0 radical (unpaired) electrons. The summed E-state index contributed by atoms with van der Waals surface area (Å²) in [5.74, 6) is -0.710. The molecule has 13 heavy (non-hydrogen) atoms. The van der Waals surface area contributed by atoms with Gasteiger partial charge in [-0.2, -0.15) is 0 Å². The molecule has 0 bridgehead atoms. The molecule has 1 rings (SSSR count). The Morgan fingerprint density at radius 1 is 1.69 bits per heavy atom. The number of amides is 1. The van der Waals surface area contributed by atoms with Gasteiger partial charge in [0, 0.05) is 5.38 Å². The van der Waals surface area contributed by atoms with Gasteiger partial charge in [0.2, 0.25) is 10.0 Å². The summed E-state index contributed by atoms with van der Waals surface area (Å²) in [6.45, 7) is 0. The zero-order chi connectivity index (χ0) is 10.1. The molecule has 0 aliphatic carbocycles. The molecule has 1 N–H and O–H groups in total. The number of sulfonamides is 1. The van der Waals surface area contributed by atoms with Crippen molar-refractivity contribution in [3.05, 3.63) is 15.0 Å². The van der Waals surface area contributed by atoms with E-state index in [2.05, 4.69) is 20.9 Å². The normalized spacial score (nSPS) is 11.2. The molecule has 0 unspecified atom stereocenters. The molecule has 0 aromatic carbocycles. The highest BCUT2D eigenvalue weighted by molar-refractivity contribution is 9.10. The standard InChI is InChI=1S/C5H5BrN2O3S2/c1-13(10,11)8-4(9)5-7-3(6)2-12-5/h2H,1H3,(H,8,9). The first kappa shape index (κ1) is 10.6. The third kappa shape index (κ3) is 3.41. The summed E-state index contributed by atoms with van der Waals surface area (Å²) in [5.41, 5.74) is 0. The molecule has 0 saturated heterocycles. The molecule has 0 atom stereocenters. The number of carbonyl (C=O) groups is 1. The Bertz CT molecular complexity index is 425. The summed E-state index contributed by atoms with van der Waals surface area (Å²) < 4.78 is 23.6. The molecule has 0 saturated carbocycles. The van der Waals surface area contributed by atoms with Crippen LogP contribution in [0, 0.1) is 0 Å². The number of aromatic nitrogens is 1. The maximum absolute atomic E-state index is 11.1. The van der Waals surface area contributed by atoms with E-state index in [1.54, 1.807) is 5.38 Å². The molecular weight excluding hydrogens is 280 g/mol. The topological polar surface area (TPSA) is 76.1 Å². The monoisotopic (exact) mass is 284 g/mol. The molecule has 1 heterocycles. The number of carbonyl (C=O) groups excluding carboxylic acids is 1. The number of hydrogen-bond acceptors (Lipinski definition) is 5. The highest BCUT2D eigenvalue weighted by Gasteiger charge is 2.14. The summed E-state index contributed by atoms with van der Waals surface area (Å²) in [5, 5.41) is 1.70. The van der Waals surface area contributed by atoms with E-state index in [4.69, 9.17) is 0 Å². The third-order valence-electron chi connectivity index (χ3n) is 0.948. The summed E-state index contributed by atoms with van der Waals surface area (Å²) in [6.07, 6.45) is 0.910. The van der Waals surface area contributed by atoms with E-state index in [1.165, 1.54) is 0 Å². The number of thiazole rings is 1. The van der Waals surface area contributed by atoms with Gasteiger partial charge < -0.3 is 0 Å². The fourth-order valence-electron chi connectivity index (χ4n) is 0.570. The molecule has 1 aromatic rings. The Hall–Kier alpha value is -0.470. The van der Waals surface area contributed by atoms with Crippen molar-refractivity contribution in [2.24, 2.45) is 0 Å². The average Bonchev–Trinajstić information content (AvgIpc) is 2.31. The number of nitrogens with one attached hydrogen (secondary N) is 1. The van der Waals surface area contributed by atoms with Crippen LogP contribution in [0.15, 0.2) is 9.98 Å². The van der Waals surface area contributed by atoms with Crippen molar-refractivity contribution in [2.45, 2.75) is 0 Å². The van der Waals surface area contributed by atoms with E-state index < -0.39 is 15.9 Å². The van der Waals surface area contributed by atoms with Crippen LogP contribution in [-0.2, 0) is 10.0 Å². The lowest BCUT2D eigenvalue weighted by Gasteiger charge is -1.97. The van der Waals surface area contributed by atoms with Gasteiger partial charge in [0.25, 0.3) is 5.91 Å². The summed E-state index contributed by atoms with van der Waals surface area (Å²) >= 11 is 4.11. The van der Waals surface area contributed by atoms with Crippen molar-refractivity contribution in [3.63, 3.8) is 0 Å². The minimum Gasteiger partial charge on any atom is -0.265 e. The highest BCUT2D eigenvalue weighted by atomic mass is 79.9. The van der Waals surface area contributed by atoms with Gasteiger partial charge >= 0.3 is 0 Å². The van der Waals surface area contributed by atoms with Gasteiger partial charge in [-0.3, -0.25) is 4.79 Å². The molecule has 0 aliphatic heterocycles. The Morgan fingerprint density at radius 3 is 2.69 bits per heavy atom. The number of rotatable bonds is 2. The van der Waals surface area contributed by atoms with Crippen molar-refractivity contribution in [3.8, 4) is 0 Å². The maximum atomic E-state index is 11.1. The fraction of sp³-hybridized carbons (Fsp3) is 0.200. The number of hydrogen-bond donors (Lipinski definition) is 1. The predicted molar refractivity (Wildman–Crippen MR) is 52.1 cm³/mol. The minimum absolute atomic E-state index is 0.109. The van der Waals surface area contributed by atoms with Crippen LogP contribution in [0.4, 0.5) is 0 Å². The Kier molecular flexibility index (Phi) is 3.04. The first-order chi connectivity index (χ1) is 5.88. The largest absolute Gasteiger partial charge is 0.293 e. The van der Waals surface area contributed by atoms with Gasteiger partial charge in [0.05, 0.1) is 6.26 Å². The van der Waals surface area contributed by atoms with Gasteiger partial charge in [-0.25, -0.2) is 18.1 Å². The molecule has 0 spiro atoms. The zero-order valence-electron chi connectivity index (χ0n) is 6.44. The lowest BCUT2D eigenvalue weighted by Crippen LogP contribution is -2.29. The second-order valence-electron chi connectivity index (χ2n) is 2.18. The molecule has 0 aliphatic rings. The summed E-state index contributed by atoms with van der Waals surface area (Å²) in [6, 6.07) is 0. The van der Waals surface area contributed by atoms with Crippen LogP contribution < -0.4 is 4.72 Å². The molecule has 0 fully saturated rings. The Morgan fingerprint density at radius 2 is 2.31 bits per heavy atom. The average molecular weight is 285 g/mol. The van der Waals surface area contributed by atoms with Gasteiger partial charge in [0.1, 0.15) is 4.60 Å². The van der Waals surface area contributed by atoms with E-state index in [0.29, 0.717) is 4.60 Å². The SMILES string of the molecule is CS(=O)(=O)NC(=O)c1nc(Br)cs1. The van der Waals surface area contributed by atoms with Crippen molar-refractivity contribution in [1.82, 2.24) is 9.71 Å². The number of nitrogens with zero attached hydrogens (tertiary/aromatic N) is 1. The highest BCUT2D eigenvalue weighted by Crippen LogP contribution is 2.14. The van der Waals surface area contributed by atoms with Crippen LogP contribution in [0.3, 0.4) is 0 Å². The summed E-state index contributed by atoms with van der Waals surface area (Å²) in [4.78, 5) is 14.9. The van der Waals surface area contributed by atoms with Crippen molar-refractivity contribution in [1.29, 1.82) is 0 Å². The lowest BCUT2D eigenvalue weighted by molar-refractivity contribution is 0.0981. The quantitative estimate of drug-likeness (QED) is 0.863. The molecule has 8 heteroatoms. The van der Waals surface area contributed by atoms with Crippen LogP contribution >= 0.6 is 27.3 Å². The molecule has 72 valence electrons. The minimum atomic E-state index is -3.51. The van der Waals surface area contributed by atoms with E-state index >= 15 is 0 Å². The van der Waals surface area contributed by atoms with Crippen molar-refractivity contribution < 1.29 is 13.2 Å². The number of halogens is 1. The van der Waals surface area contributed by atoms with E-state index in [-0.39, 0.29) is 5.01 Å². The van der Waals surface area contributed by atoms with E-state index in [9.17, 15) is 13.2 Å². The lowest BCUT2D eigenvalue weighted by atomic mass is 10.7. The maximum Gasteiger partial charge on any atom is 0.293 e.